The third kappa shape index (κ3) is 4.88. The van der Waals surface area contributed by atoms with Crippen LogP contribution in [0.25, 0.3) is 0 Å². The van der Waals surface area contributed by atoms with Crippen LogP contribution in [0.2, 0.25) is 0 Å². The van der Waals surface area contributed by atoms with Crippen molar-refractivity contribution in [3.8, 4) is 0 Å². The third-order valence-corrected chi connectivity index (χ3v) is 4.35. The van der Waals surface area contributed by atoms with Crippen molar-refractivity contribution in [2.45, 2.75) is 31.5 Å². The fourth-order valence-electron chi connectivity index (χ4n) is 2.15. The van der Waals surface area contributed by atoms with Gasteiger partial charge in [0.25, 0.3) is 0 Å². The maximum atomic E-state index is 5.35. The molecule has 1 aliphatic carbocycles. The van der Waals surface area contributed by atoms with Gasteiger partial charge in [-0.2, -0.15) is 0 Å². The Morgan fingerprint density at radius 3 is 2.79 bits per heavy atom. The maximum Gasteiger partial charge on any atom is 0.0630 e. The van der Waals surface area contributed by atoms with Gasteiger partial charge in [-0.25, -0.2) is 0 Å². The van der Waals surface area contributed by atoms with Gasteiger partial charge in [-0.3, -0.25) is 4.90 Å². The molecular weight excluding hydrogens is 304 g/mol. The van der Waals surface area contributed by atoms with Crippen molar-refractivity contribution < 1.29 is 4.74 Å². The van der Waals surface area contributed by atoms with Gasteiger partial charge in [-0.15, -0.1) is 0 Å². The largest absolute Gasteiger partial charge is 0.383 e. The summed E-state index contributed by atoms with van der Waals surface area (Å²) in [6.45, 7) is 2.70. The van der Waals surface area contributed by atoms with Crippen LogP contribution in [0.15, 0.2) is 28.7 Å². The summed E-state index contributed by atoms with van der Waals surface area (Å²) < 4.78 is 6.53. The Balaban J connectivity index is 1.89. The van der Waals surface area contributed by atoms with Gasteiger partial charge in [-0.1, -0.05) is 34.1 Å². The van der Waals surface area contributed by atoms with E-state index in [0.29, 0.717) is 6.04 Å². The second-order valence-corrected chi connectivity index (χ2v) is 6.15. The smallest absolute Gasteiger partial charge is 0.0630 e. The number of rotatable bonds is 8. The summed E-state index contributed by atoms with van der Waals surface area (Å²) in [7, 11) is 3.94. The second kappa shape index (κ2) is 7.39. The van der Waals surface area contributed by atoms with Crippen molar-refractivity contribution in [3.63, 3.8) is 0 Å². The van der Waals surface area contributed by atoms with E-state index in [1.54, 1.807) is 7.11 Å². The third-order valence-electron chi connectivity index (χ3n) is 3.58. The summed E-state index contributed by atoms with van der Waals surface area (Å²) in [5.41, 5.74) is 1.32. The maximum absolute atomic E-state index is 5.35. The lowest BCUT2D eigenvalue weighted by atomic mass is 10.2. The van der Waals surface area contributed by atoms with E-state index in [0.717, 1.165) is 25.7 Å². The second-order valence-electron chi connectivity index (χ2n) is 5.30. The average Bonchev–Trinajstić information content (AvgIpc) is 3.21. The van der Waals surface area contributed by atoms with E-state index < -0.39 is 0 Å². The van der Waals surface area contributed by atoms with Crippen molar-refractivity contribution in [1.29, 1.82) is 0 Å². The minimum atomic E-state index is 0.415. The monoisotopic (exact) mass is 326 g/mol. The first-order chi connectivity index (χ1) is 9.20. The Bertz CT molecular complexity index is 395. The average molecular weight is 327 g/mol. The molecular formula is C15H23BrN2O. The summed E-state index contributed by atoms with van der Waals surface area (Å²) in [6.07, 6.45) is 2.65. The quantitative estimate of drug-likeness (QED) is 0.794. The highest BCUT2D eigenvalue weighted by molar-refractivity contribution is 9.10. The molecule has 3 nitrogen and oxygen atoms in total. The van der Waals surface area contributed by atoms with E-state index in [2.05, 4.69) is 57.5 Å². The van der Waals surface area contributed by atoms with Crippen molar-refractivity contribution in [3.05, 3.63) is 34.3 Å². The highest BCUT2D eigenvalue weighted by atomic mass is 79.9. The minimum Gasteiger partial charge on any atom is -0.383 e. The molecule has 0 aromatic heterocycles. The van der Waals surface area contributed by atoms with Crippen LogP contribution < -0.4 is 5.32 Å². The standard InChI is InChI=1S/C15H23BrN2O/c1-18(10-12-5-3-4-6-15(12)16)14(11-19-2)9-17-13-7-8-13/h3-6,13-14,17H,7-11H2,1-2H3. The minimum absolute atomic E-state index is 0.415. The summed E-state index contributed by atoms with van der Waals surface area (Å²) >= 11 is 3.61. The molecule has 1 N–H and O–H groups in total. The molecule has 0 spiro atoms. The molecule has 1 aromatic carbocycles. The van der Waals surface area contributed by atoms with Crippen molar-refractivity contribution >= 4 is 15.9 Å². The number of methoxy groups -OCH3 is 1. The van der Waals surface area contributed by atoms with Crippen LogP contribution in [0.1, 0.15) is 18.4 Å². The zero-order valence-corrected chi connectivity index (χ0v) is 13.3. The number of ether oxygens (including phenoxy) is 1. The Labute approximate surface area is 124 Å². The van der Waals surface area contributed by atoms with E-state index in [4.69, 9.17) is 4.74 Å². The van der Waals surface area contributed by atoms with Crippen molar-refractivity contribution in [1.82, 2.24) is 10.2 Å². The van der Waals surface area contributed by atoms with Gasteiger partial charge in [0.2, 0.25) is 0 Å². The van der Waals surface area contributed by atoms with Crippen LogP contribution in [-0.2, 0) is 11.3 Å². The van der Waals surface area contributed by atoms with Crippen LogP contribution in [-0.4, -0.2) is 44.3 Å². The topological polar surface area (TPSA) is 24.5 Å². The van der Waals surface area contributed by atoms with Crippen LogP contribution in [0.4, 0.5) is 0 Å². The molecule has 4 heteroatoms. The number of halogens is 1. The molecule has 1 aliphatic rings. The van der Waals surface area contributed by atoms with Crippen LogP contribution in [0.3, 0.4) is 0 Å². The lowest BCUT2D eigenvalue weighted by molar-refractivity contribution is 0.101. The van der Waals surface area contributed by atoms with Gasteiger partial charge in [0.05, 0.1) is 6.61 Å². The Morgan fingerprint density at radius 2 is 2.16 bits per heavy atom. The molecule has 1 atom stereocenters. The first-order valence-electron chi connectivity index (χ1n) is 6.86. The summed E-state index contributed by atoms with van der Waals surface area (Å²) in [4.78, 5) is 2.36. The lowest BCUT2D eigenvalue weighted by Gasteiger charge is -2.28. The highest BCUT2D eigenvalue weighted by Crippen LogP contribution is 2.20. The number of likely N-dealkylation sites (N-methyl/N-ethyl adjacent to an activating group) is 1. The first-order valence-corrected chi connectivity index (χ1v) is 7.66. The van der Waals surface area contributed by atoms with E-state index in [1.165, 1.54) is 22.9 Å². The van der Waals surface area contributed by atoms with Gasteiger partial charge < -0.3 is 10.1 Å². The van der Waals surface area contributed by atoms with Gasteiger partial charge in [0.1, 0.15) is 0 Å². The van der Waals surface area contributed by atoms with Crippen LogP contribution in [0, 0.1) is 0 Å². The number of benzene rings is 1. The van der Waals surface area contributed by atoms with Crippen LogP contribution in [0.5, 0.6) is 0 Å². The number of nitrogens with one attached hydrogen (secondary N) is 1. The zero-order chi connectivity index (χ0) is 13.7. The molecule has 0 heterocycles. The van der Waals surface area contributed by atoms with Crippen molar-refractivity contribution in [2.75, 3.05) is 27.3 Å². The predicted molar refractivity (Wildman–Crippen MR) is 82.3 cm³/mol. The molecule has 0 saturated heterocycles. The fourth-order valence-corrected chi connectivity index (χ4v) is 2.56. The molecule has 0 bridgehead atoms. The summed E-state index contributed by atoms with van der Waals surface area (Å²) in [6, 6.07) is 9.56. The van der Waals surface area contributed by atoms with Gasteiger partial charge in [0.15, 0.2) is 0 Å². The van der Waals surface area contributed by atoms with E-state index >= 15 is 0 Å². The lowest BCUT2D eigenvalue weighted by Crippen LogP contribution is -2.43. The molecule has 106 valence electrons. The summed E-state index contributed by atoms with van der Waals surface area (Å²) in [5, 5.41) is 3.59. The Hall–Kier alpha value is -0.420. The fraction of sp³-hybridized carbons (Fsp3) is 0.600. The summed E-state index contributed by atoms with van der Waals surface area (Å²) in [5.74, 6) is 0. The van der Waals surface area contributed by atoms with E-state index in [-0.39, 0.29) is 0 Å². The Morgan fingerprint density at radius 1 is 1.42 bits per heavy atom. The van der Waals surface area contributed by atoms with Gasteiger partial charge >= 0.3 is 0 Å². The van der Waals surface area contributed by atoms with Crippen LogP contribution >= 0.6 is 15.9 Å². The van der Waals surface area contributed by atoms with Crippen molar-refractivity contribution in [2.24, 2.45) is 0 Å². The molecule has 1 aromatic rings. The predicted octanol–water partition coefficient (Wildman–Crippen LogP) is 2.65. The Kier molecular flexibility index (Phi) is 5.82. The van der Waals surface area contributed by atoms with E-state index in [9.17, 15) is 0 Å². The zero-order valence-electron chi connectivity index (χ0n) is 11.7. The SMILES string of the molecule is COCC(CNC1CC1)N(C)Cc1ccccc1Br. The number of nitrogens with zero attached hydrogens (tertiary/aromatic N) is 1. The molecule has 2 rings (SSSR count). The molecule has 19 heavy (non-hydrogen) atoms. The molecule has 0 aliphatic heterocycles. The van der Waals surface area contributed by atoms with Gasteiger partial charge in [0, 0.05) is 36.8 Å². The first kappa shape index (κ1) is 15.0. The highest BCUT2D eigenvalue weighted by Gasteiger charge is 2.23. The normalized spacial score (nSPS) is 16.8. The number of hydrogen-bond donors (Lipinski definition) is 1. The molecule has 0 radical (unpaired) electrons. The molecule has 1 saturated carbocycles. The van der Waals surface area contributed by atoms with Gasteiger partial charge in [-0.05, 0) is 31.5 Å². The number of hydrogen-bond acceptors (Lipinski definition) is 3. The molecule has 1 fully saturated rings. The molecule has 0 amide bonds. The molecule has 1 unspecified atom stereocenters. The van der Waals surface area contributed by atoms with E-state index in [1.807, 2.05) is 0 Å².